The molecule has 7 nitrogen and oxygen atoms in total. The molecule has 0 radical (unpaired) electrons. The number of ether oxygens (including phenoxy) is 1. The number of rotatable bonds is 6. The lowest BCUT2D eigenvalue weighted by molar-refractivity contribution is -0.131. The van der Waals surface area contributed by atoms with Gasteiger partial charge >= 0.3 is 0 Å². The van der Waals surface area contributed by atoms with Crippen LogP contribution < -0.4 is 20.3 Å². The van der Waals surface area contributed by atoms with Crippen LogP contribution in [0.3, 0.4) is 0 Å². The Balaban J connectivity index is 1.56. The molecule has 176 valence electrons. The third-order valence-electron chi connectivity index (χ3n) is 5.28. The number of methoxy groups -OCH3 is 1. The van der Waals surface area contributed by atoms with E-state index in [1.165, 1.54) is 0 Å². The van der Waals surface area contributed by atoms with Crippen molar-refractivity contribution in [1.82, 2.24) is 10.2 Å². The summed E-state index contributed by atoms with van der Waals surface area (Å²) in [6.45, 7) is 4.85. The third-order valence-corrected chi connectivity index (χ3v) is 6.41. The molecule has 3 rings (SSSR count). The number of carbonyl (C=O) groups excluding carboxylic acids is 2. The molecule has 1 heterocycles. The monoisotopic (exact) mass is 552 g/mol. The van der Waals surface area contributed by atoms with Crippen molar-refractivity contribution in [3.05, 3.63) is 51.5 Å². The van der Waals surface area contributed by atoms with Crippen molar-refractivity contribution in [3.63, 3.8) is 0 Å². The fourth-order valence-corrected chi connectivity index (χ4v) is 4.61. The number of nitrogens with zero attached hydrogens (tertiary/aromatic N) is 2. The standard InChI is InChI=1S/C23H26BrClN4O3S/c1-3-4-21(30)29-11-9-28(10-12-29)19-7-6-16(14-18(19)25)26-23(33)27-22(31)15-5-8-20(32-2)17(24)13-15/h5-8,13-14H,3-4,9-12H2,1-2H3,(H2,26,27,31,33). The van der Waals surface area contributed by atoms with Gasteiger partial charge in [0.1, 0.15) is 5.75 Å². The first-order valence-corrected chi connectivity index (χ1v) is 12.2. The highest BCUT2D eigenvalue weighted by molar-refractivity contribution is 9.10. The molecule has 0 saturated carbocycles. The summed E-state index contributed by atoms with van der Waals surface area (Å²) in [5, 5.41) is 6.39. The molecule has 2 aromatic carbocycles. The van der Waals surface area contributed by atoms with Gasteiger partial charge in [-0.2, -0.15) is 0 Å². The zero-order chi connectivity index (χ0) is 24.0. The van der Waals surface area contributed by atoms with Gasteiger partial charge in [-0.3, -0.25) is 14.9 Å². The summed E-state index contributed by atoms with van der Waals surface area (Å²) < 4.78 is 5.86. The van der Waals surface area contributed by atoms with Crippen LogP contribution in [-0.4, -0.2) is 55.1 Å². The summed E-state index contributed by atoms with van der Waals surface area (Å²) in [5.74, 6) is 0.505. The Hall–Kier alpha value is -2.36. The van der Waals surface area contributed by atoms with E-state index in [2.05, 4.69) is 31.5 Å². The molecule has 0 spiro atoms. The fourth-order valence-electron chi connectivity index (χ4n) is 3.56. The third kappa shape index (κ3) is 6.59. The highest BCUT2D eigenvalue weighted by atomic mass is 79.9. The van der Waals surface area contributed by atoms with Gasteiger partial charge in [-0.05, 0) is 71.0 Å². The Labute approximate surface area is 212 Å². The number of hydrogen-bond acceptors (Lipinski definition) is 5. The summed E-state index contributed by atoms with van der Waals surface area (Å²) >= 11 is 15.2. The SMILES string of the molecule is CCCC(=O)N1CCN(c2ccc(NC(=S)NC(=O)c3ccc(OC)c(Br)c3)cc2Cl)CC1. The lowest BCUT2D eigenvalue weighted by Gasteiger charge is -2.36. The van der Waals surface area contributed by atoms with E-state index in [1.807, 2.05) is 24.0 Å². The average molecular weight is 554 g/mol. The first-order valence-electron chi connectivity index (χ1n) is 10.6. The van der Waals surface area contributed by atoms with E-state index < -0.39 is 0 Å². The lowest BCUT2D eigenvalue weighted by Crippen LogP contribution is -2.48. The number of amides is 2. The van der Waals surface area contributed by atoms with Gasteiger partial charge in [0.25, 0.3) is 5.91 Å². The van der Waals surface area contributed by atoms with Crippen LogP contribution in [0.1, 0.15) is 30.1 Å². The Morgan fingerprint density at radius 3 is 2.48 bits per heavy atom. The van der Waals surface area contributed by atoms with Crippen LogP contribution in [-0.2, 0) is 4.79 Å². The van der Waals surface area contributed by atoms with Crippen LogP contribution in [0.15, 0.2) is 40.9 Å². The van der Waals surface area contributed by atoms with Gasteiger partial charge in [0.05, 0.1) is 22.3 Å². The maximum absolute atomic E-state index is 12.5. The number of nitrogens with one attached hydrogen (secondary N) is 2. The van der Waals surface area contributed by atoms with Crippen LogP contribution in [0.25, 0.3) is 0 Å². The molecule has 1 aliphatic rings. The van der Waals surface area contributed by atoms with E-state index in [1.54, 1.807) is 31.4 Å². The van der Waals surface area contributed by atoms with Gasteiger partial charge in [0.2, 0.25) is 5.91 Å². The quantitative estimate of drug-likeness (QED) is 0.506. The van der Waals surface area contributed by atoms with Crippen molar-refractivity contribution in [2.45, 2.75) is 19.8 Å². The molecular weight excluding hydrogens is 528 g/mol. The number of thiocarbonyl (C=S) groups is 1. The first kappa shape index (κ1) is 25.3. The molecule has 2 aromatic rings. The molecule has 2 amide bonds. The minimum absolute atomic E-state index is 0.166. The predicted octanol–water partition coefficient (Wildman–Crippen LogP) is 4.69. The second-order valence-electron chi connectivity index (χ2n) is 7.54. The molecule has 0 aliphatic carbocycles. The van der Waals surface area contributed by atoms with Crippen LogP contribution in [0.5, 0.6) is 5.75 Å². The summed E-state index contributed by atoms with van der Waals surface area (Å²) in [6, 6.07) is 10.6. The number of halogens is 2. The maximum Gasteiger partial charge on any atom is 0.257 e. The van der Waals surface area contributed by atoms with E-state index in [0.29, 0.717) is 46.0 Å². The van der Waals surface area contributed by atoms with Gasteiger partial charge in [-0.15, -0.1) is 0 Å². The van der Waals surface area contributed by atoms with Crippen molar-refractivity contribution < 1.29 is 14.3 Å². The molecular formula is C23H26BrClN4O3S. The van der Waals surface area contributed by atoms with Gasteiger partial charge in [0.15, 0.2) is 5.11 Å². The fraction of sp³-hybridized carbons (Fsp3) is 0.348. The maximum atomic E-state index is 12.5. The highest BCUT2D eigenvalue weighted by Crippen LogP contribution is 2.30. The highest BCUT2D eigenvalue weighted by Gasteiger charge is 2.22. The zero-order valence-electron chi connectivity index (χ0n) is 18.5. The minimum atomic E-state index is -0.339. The van der Waals surface area contributed by atoms with Crippen molar-refractivity contribution in [1.29, 1.82) is 0 Å². The molecule has 1 saturated heterocycles. The smallest absolute Gasteiger partial charge is 0.257 e. The minimum Gasteiger partial charge on any atom is -0.496 e. The molecule has 0 atom stereocenters. The van der Waals surface area contributed by atoms with Crippen molar-refractivity contribution in [2.75, 3.05) is 43.5 Å². The van der Waals surface area contributed by atoms with Crippen LogP contribution >= 0.6 is 39.7 Å². The Morgan fingerprint density at radius 1 is 1.15 bits per heavy atom. The van der Waals surface area contributed by atoms with Crippen LogP contribution in [0, 0.1) is 0 Å². The lowest BCUT2D eigenvalue weighted by atomic mass is 10.2. The number of anilines is 2. The topological polar surface area (TPSA) is 73.9 Å². The van der Waals surface area contributed by atoms with Gasteiger partial charge in [-0.25, -0.2) is 0 Å². The van der Waals surface area contributed by atoms with Crippen molar-refractivity contribution in [3.8, 4) is 5.75 Å². The van der Waals surface area contributed by atoms with Gasteiger partial charge in [-0.1, -0.05) is 18.5 Å². The molecule has 1 aliphatic heterocycles. The van der Waals surface area contributed by atoms with E-state index >= 15 is 0 Å². The number of piperazine rings is 1. The van der Waals surface area contributed by atoms with E-state index in [4.69, 9.17) is 28.6 Å². The van der Waals surface area contributed by atoms with Gasteiger partial charge in [0, 0.05) is 43.9 Å². The largest absolute Gasteiger partial charge is 0.496 e. The zero-order valence-corrected chi connectivity index (χ0v) is 21.6. The molecule has 2 N–H and O–H groups in total. The number of carbonyl (C=O) groups is 2. The Morgan fingerprint density at radius 2 is 1.88 bits per heavy atom. The molecule has 33 heavy (non-hydrogen) atoms. The second kappa shape index (κ2) is 11.7. The summed E-state index contributed by atoms with van der Waals surface area (Å²) in [7, 11) is 1.56. The molecule has 0 bridgehead atoms. The Bertz CT molecular complexity index is 1040. The Kier molecular flexibility index (Phi) is 8.94. The molecule has 1 fully saturated rings. The normalized spacial score (nSPS) is 13.5. The number of benzene rings is 2. The first-order chi connectivity index (χ1) is 15.8. The summed E-state index contributed by atoms with van der Waals surface area (Å²) in [4.78, 5) is 28.6. The van der Waals surface area contributed by atoms with Gasteiger partial charge < -0.3 is 19.9 Å². The molecule has 0 aromatic heterocycles. The van der Waals surface area contributed by atoms with E-state index in [0.717, 1.165) is 25.2 Å². The van der Waals surface area contributed by atoms with Crippen molar-refractivity contribution >= 4 is 68.1 Å². The van der Waals surface area contributed by atoms with E-state index in [-0.39, 0.29) is 16.9 Å². The molecule has 10 heteroatoms. The summed E-state index contributed by atoms with van der Waals surface area (Å²) in [6.07, 6.45) is 1.45. The van der Waals surface area contributed by atoms with Crippen molar-refractivity contribution in [2.24, 2.45) is 0 Å². The predicted molar refractivity (Wildman–Crippen MR) is 140 cm³/mol. The van der Waals surface area contributed by atoms with E-state index in [9.17, 15) is 9.59 Å². The summed E-state index contributed by atoms with van der Waals surface area (Å²) in [5.41, 5.74) is 2.02. The van der Waals surface area contributed by atoms with Crippen LogP contribution in [0.4, 0.5) is 11.4 Å². The number of hydrogen-bond donors (Lipinski definition) is 2. The van der Waals surface area contributed by atoms with Crippen LogP contribution in [0.2, 0.25) is 5.02 Å². The average Bonchev–Trinajstić information content (AvgIpc) is 2.79. The molecule has 0 unspecified atom stereocenters. The second-order valence-corrected chi connectivity index (χ2v) is 9.21.